The Morgan fingerprint density at radius 2 is 1.93 bits per heavy atom. The number of nitrogens with zero attached hydrogens (tertiary/aromatic N) is 2. The van der Waals surface area contributed by atoms with Gasteiger partial charge >= 0.3 is 7.12 Å². The lowest BCUT2D eigenvalue weighted by molar-refractivity contribution is 0.00578. The highest BCUT2D eigenvalue weighted by atomic mass is 16.7. The molecular weight excluding hydrogens is 192 g/mol. The maximum atomic E-state index is 7.27. The van der Waals surface area contributed by atoms with E-state index in [-0.39, 0.29) is 0 Å². The first-order valence-corrected chi connectivity index (χ1v) is 4.94. The van der Waals surface area contributed by atoms with Crippen LogP contribution in [0.4, 0.5) is 0 Å². The second-order valence-electron chi connectivity index (χ2n) is 4.81. The quantitative estimate of drug-likeness (QED) is 0.508. The minimum Gasteiger partial charge on any atom is -0.399 e. The Morgan fingerprint density at radius 1 is 1.33 bits per heavy atom. The van der Waals surface area contributed by atoms with E-state index in [9.17, 15) is 0 Å². The zero-order valence-electron chi connectivity index (χ0n) is 12.4. The standard InChI is InChI=1S/C10H17BN2O2/c1-9(2)10(3,4)15-11(14-9)8-6-12-13(5)7-8/h6-7H,1-5H3/i5+1D3. The van der Waals surface area contributed by atoms with Gasteiger partial charge in [0.25, 0.3) is 0 Å². The van der Waals surface area contributed by atoms with E-state index in [1.807, 2.05) is 27.7 Å². The SMILES string of the molecule is [2H][13C]([2H])([2H])n1cc(B2OC(C)(C)C(C)(C)O2)cn1. The van der Waals surface area contributed by atoms with Crippen LogP contribution >= 0.6 is 0 Å². The zero-order valence-corrected chi connectivity index (χ0v) is 9.44. The summed E-state index contributed by atoms with van der Waals surface area (Å²) < 4.78 is 34.4. The lowest BCUT2D eigenvalue weighted by atomic mass is 9.82. The average molecular weight is 212 g/mol. The van der Waals surface area contributed by atoms with Crippen molar-refractivity contribution < 1.29 is 13.4 Å². The van der Waals surface area contributed by atoms with Gasteiger partial charge in [0.15, 0.2) is 0 Å². The molecule has 5 heteroatoms. The molecule has 0 unspecified atom stereocenters. The molecule has 1 saturated heterocycles. The third kappa shape index (κ3) is 1.70. The van der Waals surface area contributed by atoms with Crippen molar-refractivity contribution in [2.24, 2.45) is 6.98 Å². The molecule has 0 aromatic carbocycles. The number of aryl methyl sites for hydroxylation is 1. The first-order chi connectivity index (χ1) is 8.03. The molecule has 0 amide bonds. The van der Waals surface area contributed by atoms with Gasteiger partial charge in [-0.25, -0.2) is 0 Å². The molecule has 0 saturated carbocycles. The number of rotatable bonds is 1. The van der Waals surface area contributed by atoms with Gasteiger partial charge in [-0.3, -0.25) is 4.68 Å². The summed E-state index contributed by atoms with van der Waals surface area (Å²) in [5, 5.41) is 3.82. The van der Waals surface area contributed by atoms with Crippen molar-refractivity contribution in [1.29, 1.82) is 0 Å². The van der Waals surface area contributed by atoms with Gasteiger partial charge in [-0.05, 0) is 27.7 Å². The largest absolute Gasteiger partial charge is 0.498 e. The van der Waals surface area contributed by atoms with Gasteiger partial charge in [0, 0.05) is 28.9 Å². The van der Waals surface area contributed by atoms with Crippen LogP contribution in [0.25, 0.3) is 0 Å². The van der Waals surface area contributed by atoms with E-state index in [1.54, 1.807) is 0 Å². The van der Waals surface area contributed by atoms with E-state index >= 15 is 0 Å². The fourth-order valence-corrected chi connectivity index (χ4v) is 1.44. The molecule has 0 spiro atoms. The van der Waals surface area contributed by atoms with Crippen LogP contribution in [0.5, 0.6) is 0 Å². The molecule has 1 aromatic rings. The Hall–Kier alpha value is -0.805. The minimum atomic E-state index is -2.28. The Kier molecular flexibility index (Phi) is 1.54. The molecule has 0 N–H and O–H groups in total. The van der Waals surface area contributed by atoms with Crippen molar-refractivity contribution in [3.8, 4) is 0 Å². The minimum absolute atomic E-state index is 0.445. The van der Waals surface area contributed by atoms with Crippen molar-refractivity contribution >= 4 is 12.6 Å². The lowest BCUT2D eigenvalue weighted by Crippen LogP contribution is -2.41. The topological polar surface area (TPSA) is 36.3 Å². The summed E-state index contributed by atoms with van der Waals surface area (Å²) in [5.74, 6) is 0. The molecule has 2 rings (SSSR count). The van der Waals surface area contributed by atoms with Gasteiger partial charge in [0.2, 0.25) is 0 Å². The van der Waals surface area contributed by atoms with Gasteiger partial charge in [-0.1, -0.05) is 0 Å². The summed E-state index contributed by atoms with van der Waals surface area (Å²) in [5.41, 5.74) is -0.274. The maximum absolute atomic E-state index is 7.27. The number of hydrogen-bond acceptors (Lipinski definition) is 3. The van der Waals surface area contributed by atoms with Crippen LogP contribution in [0.3, 0.4) is 0 Å². The van der Waals surface area contributed by atoms with Crippen LogP contribution < -0.4 is 5.46 Å². The molecule has 0 atom stereocenters. The normalized spacial score (nSPS) is 27.2. The molecular formula is C10H17BN2O2. The summed E-state index contributed by atoms with van der Waals surface area (Å²) in [6.45, 7) is 5.51. The smallest absolute Gasteiger partial charge is 0.399 e. The summed E-state index contributed by atoms with van der Waals surface area (Å²) >= 11 is 0. The van der Waals surface area contributed by atoms with Gasteiger partial charge < -0.3 is 9.31 Å². The number of hydrogen-bond donors (Lipinski definition) is 0. The van der Waals surface area contributed by atoms with E-state index in [2.05, 4.69) is 5.10 Å². The third-order valence-corrected chi connectivity index (χ3v) is 3.13. The fourth-order valence-electron chi connectivity index (χ4n) is 1.44. The molecule has 4 nitrogen and oxygen atoms in total. The molecule has 15 heavy (non-hydrogen) atoms. The molecule has 1 aliphatic heterocycles. The van der Waals surface area contributed by atoms with Gasteiger partial charge in [0.05, 0.1) is 11.2 Å². The van der Waals surface area contributed by atoms with Crippen LogP contribution in [0, 0.1) is 0 Å². The highest BCUT2D eigenvalue weighted by Crippen LogP contribution is 2.36. The molecule has 0 aliphatic carbocycles. The van der Waals surface area contributed by atoms with Crippen LogP contribution in [0.15, 0.2) is 12.4 Å². The van der Waals surface area contributed by atoms with E-state index in [1.165, 1.54) is 12.4 Å². The van der Waals surface area contributed by atoms with Crippen LogP contribution in [-0.4, -0.2) is 28.1 Å². The summed E-state index contributed by atoms with van der Waals surface area (Å²) in [4.78, 5) is 0. The molecule has 2 heterocycles. The van der Waals surface area contributed by atoms with E-state index in [0.29, 0.717) is 5.46 Å². The van der Waals surface area contributed by atoms with Crippen LogP contribution in [-0.2, 0) is 16.3 Å². The third-order valence-electron chi connectivity index (χ3n) is 3.13. The maximum Gasteiger partial charge on any atom is 0.498 e. The summed E-state index contributed by atoms with van der Waals surface area (Å²) in [6.07, 6.45) is 2.91. The predicted molar refractivity (Wildman–Crippen MR) is 58.9 cm³/mol. The summed E-state index contributed by atoms with van der Waals surface area (Å²) in [6, 6.07) is 0. The van der Waals surface area contributed by atoms with Crippen molar-refractivity contribution in [1.82, 2.24) is 9.78 Å². The Labute approximate surface area is 94.9 Å². The highest BCUT2D eigenvalue weighted by Gasteiger charge is 2.52. The Morgan fingerprint density at radius 3 is 2.40 bits per heavy atom. The van der Waals surface area contributed by atoms with Gasteiger partial charge in [0.1, 0.15) is 0 Å². The van der Waals surface area contributed by atoms with Crippen molar-refractivity contribution in [2.45, 2.75) is 38.9 Å². The highest BCUT2D eigenvalue weighted by molar-refractivity contribution is 6.61. The second-order valence-corrected chi connectivity index (χ2v) is 4.81. The Balaban J connectivity index is 2.23. The molecule has 0 bridgehead atoms. The van der Waals surface area contributed by atoms with E-state index in [0.717, 1.165) is 4.68 Å². The molecule has 0 radical (unpaired) electrons. The fraction of sp³-hybridized carbons (Fsp3) is 0.700. The number of aromatic nitrogens is 2. The van der Waals surface area contributed by atoms with Crippen molar-refractivity contribution in [3.05, 3.63) is 12.4 Å². The van der Waals surface area contributed by atoms with Crippen molar-refractivity contribution in [2.75, 3.05) is 0 Å². The lowest BCUT2D eigenvalue weighted by Gasteiger charge is -2.32. The monoisotopic (exact) mass is 212 g/mol. The van der Waals surface area contributed by atoms with Crippen molar-refractivity contribution in [3.63, 3.8) is 0 Å². The van der Waals surface area contributed by atoms with Crippen LogP contribution in [0.1, 0.15) is 31.8 Å². The van der Waals surface area contributed by atoms with Gasteiger partial charge in [-0.15, -0.1) is 0 Å². The first kappa shape index (κ1) is 7.47. The van der Waals surface area contributed by atoms with E-state index < -0.39 is 25.3 Å². The van der Waals surface area contributed by atoms with E-state index in [4.69, 9.17) is 13.4 Å². The molecule has 82 valence electrons. The predicted octanol–water partition coefficient (Wildman–Crippen LogP) is 0.719. The molecule has 1 aliphatic rings. The summed E-state index contributed by atoms with van der Waals surface area (Å²) in [7, 11) is -0.578. The molecule has 1 aromatic heterocycles. The second kappa shape index (κ2) is 3.09. The first-order valence-electron chi connectivity index (χ1n) is 6.44. The van der Waals surface area contributed by atoms with Gasteiger partial charge in [-0.2, -0.15) is 5.10 Å². The van der Waals surface area contributed by atoms with Crippen LogP contribution in [0.2, 0.25) is 0 Å². The molecule has 1 fully saturated rings. The Bertz CT molecular complexity index is 440. The zero-order chi connectivity index (χ0) is 13.8. The average Bonchev–Trinajstić information content (AvgIpc) is 2.69.